The smallest absolute Gasteiger partial charge is 0.344 e. The molecule has 1 aromatic rings. The average molecular weight is 376 g/mol. The molecule has 1 rings (SSSR count). The topological polar surface area (TPSA) is 26.3 Å². The Morgan fingerprint density at radius 1 is 1.11 bits per heavy atom. The standard InChI is InChI=1S/C11H9F4IO2/c1-2-3-18-11(17)6-9(14)7(12)5(4-16)8(13)10(6)15/h2-4H2,1H3. The highest BCUT2D eigenvalue weighted by atomic mass is 127. The van der Waals surface area contributed by atoms with E-state index in [-0.39, 0.29) is 11.0 Å². The first kappa shape index (κ1) is 15.2. The van der Waals surface area contributed by atoms with Crippen LogP contribution in [0.5, 0.6) is 0 Å². The van der Waals surface area contributed by atoms with E-state index in [0.29, 0.717) is 6.42 Å². The zero-order chi connectivity index (χ0) is 13.9. The molecule has 0 aliphatic carbocycles. The van der Waals surface area contributed by atoms with Crippen molar-refractivity contribution in [1.29, 1.82) is 0 Å². The maximum Gasteiger partial charge on any atom is 0.344 e. The number of ether oxygens (including phenoxy) is 1. The molecule has 0 aromatic heterocycles. The molecule has 0 heterocycles. The van der Waals surface area contributed by atoms with Crippen LogP contribution in [0.2, 0.25) is 0 Å². The number of hydrogen-bond acceptors (Lipinski definition) is 2. The fourth-order valence-corrected chi connectivity index (χ4v) is 1.91. The van der Waals surface area contributed by atoms with E-state index < -0.39 is 40.4 Å². The minimum atomic E-state index is -1.72. The minimum Gasteiger partial charge on any atom is -0.462 e. The average Bonchev–Trinajstić information content (AvgIpc) is 2.35. The zero-order valence-corrected chi connectivity index (χ0v) is 11.5. The summed E-state index contributed by atoms with van der Waals surface area (Å²) < 4.78 is 58.0. The Morgan fingerprint density at radius 3 is 2.00 bits per heavy atom. The monoisotopic (exact) mass is 376 g/mol. The molecule has 1 aromatic carbocycles. The molecule has 0 saturated heterocycles. The molecular weight excluding hydrogens is 367 g/mol. The maximum absolute atomic E-state index is 13.5. The van der Waals surface area contributed by atoms with Crippen molar-refractivity contribution in [1.82, 2.24) is 0 Å². The molecule has 0 unspecified atom stereocenters. The second-order valence-electron chi connectivity index (χ2n) is 3.38. The first-order chi connectivity index (χ1) is 8.45. The Kier molecular flexibility index (Phi) is 5.36. The van der Waals surface area contributed by atoms with Crippen LogP contribution in [0, 0.1) is 23.3 Å². The summed E-state index contributed by atoms with van der Waals surface area (Å²) in [6, 6.07) is 0. The van der Waals surface area contributed by atoms with Gasteiger partial charge in [0, 0.05) is 9.99 Å². The SMILES string of the molecule is CCCOC(=O)c1c(F)c(F)c(CI)c(F)c1F. The third-order valence-electron chi connectivity index (χ3n) is 2.13. The largest absolute Gasteiger partial charge is 0.462 e. The summed E-state index contributed by atoms with van der Waals surface area (Å²) in [6.45, 7) is 1.58. The summed E-state index contributed by atoms with van der Waals surface area (Å²) in [4.78, 5) is 11.3. The normalized spacial score (nSPS) is 10.6. The Morgan fingerprint density at radius 2 is 1.61 bits per heavy atom. The van der Waals surface area contributed by atoms with Gasteiger partial charge in [0.1, 0.15) is 5.56 Å². The third kappa shape index (κ3) is 2.76. The molecule has 100 valence electrons. The molecular formula is C11H9F4IO2. The molecule has 18 heavy (non-hydrogen) atoms. The van der Waals surface area contributed by atoms with Crippen LogP contribution in [0.25, 0.3) is 0 Å². The minimum absolute atomic E-state index is 0.0883. The van der Waals surface area contributed by atoms with E-state index in [1.165, 1.54) is 0 Å². The number of carbonyl (C=O) groups is 1. The Labute approximate surface area is 114 Å². The molecule has 7 heteroatoms. The van der Waals surface area contributed by atoms with Crippen molar-refractivity contribution in [2.24, 2.45) is 0 Å². The molecule has 0 amide bonds. The molecule has 0 bridgehead atoms. The van der Waals surface area contributed by atoms with Crippen molar-refractivity contribution in [2.75, 3.05) is 6.61 Å². The van der Waals surface area contributed by atoms with Gasteiger partial charge in [0.2, 0.25) is 0 Å². The van der Waals surface area contributed by atoms with E-state index in [1.54, 1.807) is 29.5 Å². The van der Waals surface area contributed by atoms with Crippen LogP contribution in [0.3, 0.4) is 0 Å². The molecule has 0 aliphatic rings. The van der Waals surface area contributed by atoms with Crippen LogP contribution in [-0.4, -0.2) is 12.6 Å². The van der Waals surface area contributed by atoms with Gasteiger partial charge in [0.05, 0.1) is 6.61 Å². The van der Waals surface area contributed by atoms with Crippen molar-refractivity contribution < 1.29 is 27.1 Å². The number of hydrogen-bond donors (Lipinski definition) is 0. The van der Waals surface area contributed by atoms with E-state index in [4.69, 9.17) is 0 Å². The number of alkyl halides is 1. The van der Waals surface area contributed by atoms with Gasteiger partial charge in [-0.15, -0.1) is 0 Å². The maximum atomic E-state index is 13.5. The lowest BCUT2D eigenvalue weighted by Crippen LogP contribution is -2.15. The van der Waals surface area contributed by atoms with Crippen molar-refractivity contribution in [3.8, 4) is 0 Å². The van der Waals surface area contributed by atoms with Crippen molar-refractivity contribution in [2.45, 2.75) is 17.8 Å². The highest BCUT2D eigenvalue weighted by Gasteiger charge is 2.29. The van der Waals surface area contributed by atoms with E-state index in [9.17, 15) is 22.4 Å². The van der Waals surface area contributed by atoms with Gasteiger partial charge < -0.3 is 4.74 Å². The second-order valence-corrected chi connectivity index (χ2v) is 4.14. The van der Waals surface area contributed by atoms with Gasteiger partial charge in [-0.05, 0) is 6.42 Å². The van der Waals surface area contributed by atoms with Crippen LogP contribution >= 0.6 is 22.6 Å². The summed E-state index contributed by atoms with van der Waals surface area (Å²) in [6.07, 6.45) is 0.422. The summed E-state index contributed by atoms with van der Waals surface area (Å²) in [5.74, 6) is -7.98. The quantitative estimate of drug-likeness (QED) is 0.263. The predicted octanol–water partition coefficient (Wildman–Crippen LogP) is 3.74. The number of halogens is 5. The van der Waals surface area contributed by atoms with Crippen LogP contribution in [0.15, 0.2) is 0 Å². The molecule has 0 radical (unpaired) electrons. The van der Waals surface area contributed by atoms with Crippen molar-refractivity contribution in [3.05, 3.63) is 34.4 Å². The molecule has 0 N–H and O–H groups in total. The Balaban J connectivity index is 3.33. The van der Waals surface area contributed by atoms with Gasteiger partial charge >= 0.3 is 5.97 Å². The highest BCUT2D eigenvalue weighted by molar-refractivity contribution is 14.1. The Hall–Kier alpha value is -0.860. The molecule has 2 nitrogen and oxygen atoms in total. The summed E-state index contributed by atoms with van der Waals surface area (Å²) >= 11 is 1.56. The van der Waals surface area contributed by atoms with E-state index in [0.717, 1.165) is 0 Å². The predicted molar refractivity (Wildman–Crippen MR) is 64.6 cm³/mol. The van der Waals surface area contributed by atoms with Crippen LogP contribution < -0.4 is 0 Å². The highest BCUT2D eigenvalue weighted by Crippen LogP contribution is 2.26. The molecule has 0 atom stereocenters. The first-order valence-electron chi connectivity index (χ1n) is 5.03. The van der Waals surface area contributed by atoms with Gasteiger partial charge in [-0.25, -0.2) is 22.4 Å². The number of rotatable bonds is 4. The lowest BCUT2D eigenvalue weighted by Gasteiger charge is -2.10. The lowest BCUT2D eigenvalue weighted by molar-refractivity contribution is 0.0491. The van der Waals surface area contributed by atoms with E-state index in [2.05, 4.69) is 4.74 Å². The second kappa shape index (κ2) is 6.35. The summed E-state index contributed by atoms with van der Waals surface area (Å²) in [5.41, 5.74) is -2.07. The van der Waals surface area contributed by atoms with Gasteiger partial charge in [-0.2, -0.15) is 0 Å². The number of esters is 1. The van der Waals surface area contributed by atoms with E-state index in [1.807, 2.05) is 0 Å². The lowest BCUT2D eigenvalue weighted by atomic mass is 10.1. The van der Waals surface area contributed by atoms with Crippen molar-refractivity contribution >= 4 is 28.6 Å². The van der Waals surface area contributed by atoms with Gasteiger partial charge in [-0.1, -0.05) is 29.5 Å². The molecule has 0 saturated carbocycles. The third-order valence-corrected chi connectivity index (χ3v) is 2.89. The van der Waals surface area contributed by atoms with E-state index >= 15 is 0 Å². The van der Waals surface area contributed by atoms with Crippen molar-refractivity contribution in [3.63, 3.8) is 0 Å². The summed E-state index contributed by atoms with van der Waals surface area (Å²) in [5, 5.41) is 0. The first-order valence-corrected chi connectivity index (χ1v) is 6.56. The van der Waals surface area contributed by atoms with Crippen LogP contribution in [0.1, 0.15) is 29.3 Å². The fraction of sp³-hybridized carbons (Fsp3) is 0.364. The van der Waals surface area contributed by atoms with Crippen LogP contribution in [-0.2, 0) is 9.16 Å². The number of carbonyl (C=O) groups excluding carboxylic acids is 1. The molecule has 0 fully saturated rings. The Bertz CT molecular complexity index is 448. The summed E-state index contributed by atoms with van der Waals surface area (Å²) in [7, 11) is 0. The fourth-order valence-electron chi connectivity index (χ4n) is 1.24. The zero-order valence-electron chi connectivity index (χ0n) is 9.33. The van der Waals surface area contributed by atoms with Gasteiger partial charge in [0.15, 0.2) is 23.3 Å². The molecule has 0 aliphatic heterocycles. The molecule has 0 spiro atoms. The number of benzene rings is 1. The van der Waals surface area contributed by atoms with Gasteiger partial charge in [0.25, 0.3) is 0 Å². The van der Waals surface area contributed by atoms with Crippen LogP contribution in [0.4, 0.5) is 17.6 Å². The van der Waals surface area contributed by atoms with Gasteiger partial charge in [-0.3, -0.25) is 0 Å².